The number of nitrogens with zero attached hydrogens (tertiary/aromatic N) is 1. The smallest absolute Gasteiger partial charge is 0.0637 e. The molecule has 96 valence electrons. The molecule has 1 aromatic heterocycles. The predicted molar refractivity (Wildman–Crippen MR) is 71.0 cm³/mol. The molecule has 0 aliphatic carbocycles. The molecule has 1 N–H and O–H groups in total. The first-order valence-corrected chi connectivity index (χ1v) is 6.13. The van der Waals surface area contributed by atoms with E-state index in [1.165, 1.54) is 5.56 Å². The minimum atomic E-state index is -0.0778. The topological polar surface area (TPSA) is 34.1 Å². The second-order valence-corrected chi connectivity index (χ2v) is 5.22. The average Bonchev–Trinajstić information content (AvgIpc) is 2.27. The van der Waals surface area contributed by atoms with E-state index in [-0.39, 0.29) is 5.60 Å². The zero-order chi connectivity index (χ0) is 12.9. The van der Waals surface area contributed by atoms with E-state index >= 15 is 0 Å². The van der Waals surface area contributed by atoms with Gasteiger partial charge < -0.3 is 10.1 Å². The Labute approximate surface area is 105 Å². The van der Waals surface area contributed by atoms with Gasteiger partial charge in [0.25, 0.3) is 0 Å². The summed E-state index contributed by atoms with van der Waals surface area (Å²) in [4.78, 5) is 4.37. The Bertz CT molecular complexity index is 350. The minimum absolute atomic E-state index is 0.0778. The molecule has 0 bridgehead atoms. The molecule has 1 unspecified atom stereocenters. The molecular weight excluding hydrogens is 212 g/mol. The molecule has 3 nitrogen and oxygen atoms in total. The fourth-order valence-electron chi connectivity index (χ4n) is 1.87. The molecule has 3 heteroatoms. The summed E-state index contributed by atoms with van der Waals surface area (Å²) < 4.78 is 5.43. The van der Waals surface area contributed by atoms with Crippen molar-refractivity contribution in [2.75, 3.05) is 7.11 Å². The van der Waals surface area contributed by atoms with Crippen LogP contribution in [0.4, 0.5) is 0 Å². The van der Waals surface area contributed by atoms with Gasteiger partial charge in [0.2, 0.25) is 0 Å². The minimum Gasteiger partial charge on any atom is -0.379 e. The molecule has 1 aromatic rings. The third-order valence-corrected chi connectivity index (χ3v) is 3.09. The quantitative estimate of drug-likeness (QED) is 0.824. The van der Waals surface area contributed by atoms with E-state index in [2.05, 4.69) is 44.1 Å². The summed E-state index contributed by atoms with van der Waals surface area (Å²) in [5.41, 5.74) is 2.28. The summed E-state index contributed by atoms with van der Waals surface area (Å²) in [6.07, 6.45) is 2.82. The molecule has 1 heterocycles. The normalized spacial score (nSPS) is 13.7. The molecule has 0 spiro atoms. The van der Waals surface area contributed by atoms with Crippen molar-refractivity contribution in [1.82, 2.24) is 10.3 Å². The largest absolute Gasteiger partial charge is 0.379 e. The van der Waals surface area contributed by atoms with Crippen molar-refractivity contribution in [2.45, 2.75) is 52.3 Å². The van der Waals surface area contributed by atoms with E-state index in [9.17, 15) is 0 Å². The molecule has 0 saturated carbocycles. The number of nitrogens with one attached hydrogen (secondary N) is 1. The lowest BCUT2D eigenvalue weighted by Crippen LogP contribution is -2.35. The number of rotatable bonds is 6. The Morgan fingerprint density at radius 2 is 2.18 bits per heavy atom. The fraction of sp³-hybridized carbons (Fsp3) is 0.643. The van der Waals surface area contributed by atoms with Crippen LogP contribution >= 0.6 is 0 Å². The number of methoxy groups -OCH3 is 1. The standard InChI is InChI=1S/C14H24N2O/c1-11-7-6-8-15-13(11)10-16-12(2)9-14(3,4)17-5/h6-8,12,16H,9-10H2,1-5H3. The molecule has 0 aliphatic heterocycles. The summed E-state index contributed by atoms with van der Waals surface area (Å²) in [7, 11) is 1.76. The van der Waals surface area contributed by atoms with E-state index in [1.54, 1.807) is 7.11 Å². The SMILES string of the molecule is COC(C)(C)CC(C)NCc1ncccc1C. The first kappa shape index (κ1) is 14.1. The highest BCUT2D eigenvalue weighted by Gasteiger charge is 2.19. The van der Waals surface area contributed by atoms with E-state index in [0.717, 1.165) is 18.7 Å². The molecule has 0 fully saturated rings. The molecular formula is C14H24N2O. The summed E-state index contributed by atoms with van der Waals surface area (Å²) in [5.74, 6) is 0. The highest BCUT2D eigenvalue weighted by Crippen LogP contribution is 2.15. The first-order valence-electron chi connectivity index (χ1n) is 6.13. The average molecular weight is 236 g/mol. The Morgan fingerprint density at radius 1 is 1.47 bits per heavy atom. The van der Waals surface area contributed by atoms with Crippen LogP contribution in [-0.2, 0) is 11.3 Å². The Hall–Kier alpha value is -0.930. The van der Waals surface area contributed by atoms with Crippen LogP contribution in [0.5, 0.6) is 0 Å². The van der Waals surface area contributed by atoms with Crippen LogP contribution in [0.2, 0.25) is 0 Å². The van der Waals surface area contributed by atoms with Gasteiger partial charge in [0.1, 0.15) is 0 Å². The van der Waals surface area contributed by atoms with Crippen molar-refractivity contribution in [2.24, 2.45) is 0 Å². The summed E-state index contributed by atoms with van der Waals surface area (Å²) in [6.45, 7) is 9.30. The highest BCUT2D eigenvalue weighted by atomic mass is 16.5. The zero-order valence-electron chi connectivity index (χ0n) is 11.6. The van der Waals surface area contributed by atoms with Crippen LogP contribution in [0, 0.1) is 6.92 Å². The molecule has 0 aromatic carbocycles. The van der Waals surface area contributed by atoms with Crippen LogP contribution < -0.4 is 5.32 Å². The van der Waals surface area contributed by atoms with Gasteiger partial charge in [-0.15, -0.1) is 0 Å². The number of ether oxygens (including phenoxy) is 1. The predicted octanol–water partition coefficient (Wildman–Crippen LogP) is 2.68. The van der Waals surface area contributed by atoms with Crippen LogP contribution in [0.25, 0.3) is 0 Å². The summed E-state index contributed by atoms with van der Waals surface area (Å²) in [6, 6.07) is 4.47. The van der Waals surface area contributed by atoms with Gasteiger partial charge in [0.05, 0.1) is 11.3 Å². The van der Waals surface area contributed by atoms with Gasteiger partial charge >= 0.3 is 0 Å². The van der Waals surface area contributed by atoms with E-state index in [0.29, 0.717) is 6.04 Å². The van der Waals surface area contributed by atoms with E-state index < -0.39 is 0 Å². The highest BCUT2D eigenvalue weighted by molar-refractivity contribution is 5.17. The Morgan fingerprint density at radius 3 is 2.76 bits per heavy atom. The van der Waals surface area contributed by atoms with Gasteiger partial charge in [-0.25, -0.2) is 0 Å². The lowest BCUT2D eigenvalue weighted by Gasteiger charge is -2.27. The molecule has 0 aliphatic rings. The maximum absolute atomic E-state index is 5.43. The van der Waals surface area contributed by atoms with Crippen molar-refractivity contribution in [1.29, 1.82) is 0 Å². The van der Waals surface area contributed by atoms with Crippen molar-refractivity contribution in [3.05, 3.63) is 29.6 Å². The van der Waals surface area contributed by atoms with Crippen molar-refractivity contribution < 1.29 is 4.74 Å². The fourth-order valence-corrected chi connectivity index (χ4v) is 1.87. The molecule has 0 saturated heterocycles. The Balaban J connectivity index is 2.44. The molecule has 1 atom stereocenters. The maximum atomic E-state index is 5.43. The van der Waals surface area contributed by atoms with Crippen molar-refractivity contribution in [3.8, 4) is 0 Å². The number of hydrogen-bond acceptors (Lipinski definition) is 3. The van der Waals surface area contributed by atoms with Crippen LogP contribution in [0.3, 0.4) is 0 Å². The zero-order valence-corrected chi connectivity index (χ0v) is 11.6. The Kier molecular flexibility index (Phi) is 5.09. The number of hydrogen-bond donors (Lipinski definition) is 1. The molecule has 0 radical (unpaired) electrons. The van der Waals surface area contributed by atoms with E-state index in [1.807, 2.05) is 12.3 Å². The van der Waals surface area contributed by atoms with E-state index in [4.69, 9.17) is 4.74 Å². The van der Waals surface area contributed by atoms with Gasteiger partial charge in [-0.2, -0.15) is 0 Å². The summed E-state index contributed by atoms with van der Waals surface area (Å²) >= 11 is 0. The second-order valence-electron chi connectivity index (χ2n) is 5.22. The van der Waals surface area contributed by atoms with Gasteiger partial charge in [-0.05, 0) is 45.7 Å². The number of aromatic nitrogens is 1. The number of pyridine rings is 1. The number of aryl methyl sites for hydroxylation is 1. The third kappa shape index (κ3) is 4.84. The van der Waals surface area contributed by atoms with Crippen molar-refractivity contribution in [3.63, 3.8) is 0 Å². The molecule has 1 rings (SSSR count). The van der Waals surface area contributed by atoms with Gasteiger partial charge in [0.15, 0.2) is 0 Å². The molecule has 17 heavy (non-hydrogen) atoms. The lowest BCUT2D eigenvalue weighted by molar-refractivity contribution is 0.00842. The second kappa shape index (κ2) is 6.12. The van der Waals surface area contributed by atoms with Crippen LogP contribution in [-0.4, -0.2) is 23.7 Å². The van der Waals surface area contributed by atoms with Crippen LogP contribution in [0.15, 0.2) is 18.3 Å². The molecule has 0 amide bonds. The lowest BCUT2D eigenvalue weighted by atomic mass is 10.00. The van der Waals surface area contributed by atoms with Crippen LogP contribution in [0.1, 0.15) is 38.4 Å². The van der Waals surface area contributed by atoms with Gasteiger partial charge in [-0.3, -0.25) is 4.98 Å². The monoisotopic (exact) mass is 236 g/mol. The van der Waals surface area contributed by atoms with Gasteiger partial charge in [-0.1, -0.05) is 6.07 Å². The third-order valence-electron chi connectivity index (χ3n) is 3.09. The van der Waals surface area contributed by atoms with Crippen molar-refractivity contribution >= 4 is 0 Å². The van der Waals surface area contributed by atoms with Gasteiger partial charge in [0, 0.05) is 25.9 Å². The summed E-state index contributed by atoms with van der Waals surface area (Å²) in [5, 5.41) is 3.49. The maximum Gasteiger partial charge on any atom is 0.0637 e. The first-order chi connectivity index (χ1) is 7.94.